The molecule has 2 N–H and O–H groups in total. The summed E-state index contributed by atoms with van der Waals surface area (Å²) in [7, 11) is 3.00. The number of hydrogen-bond acceptors (Lipinski definition) is 6. The van der Waals surface area contributed by atoms with Crippen molar-refractivity contribution in [2.45, 2.75) is 63.6 Å². The summed E-state index contributed by atoms with van der Waals surface area (Å²) in [6.45, 7) is 1.70. The van der Waals surface area contributed by atoms with Crippen molar-refractivity contribution < 1.29 is 42.4 Å². The van der Waals surface area contributed by atoms with Crippen LogP contribution >= 0.6 is 0 Å². The van der Waals surface area contributed by atoms with Gasteiger partial charge in [-0.2, -0.15) is 18.3 Å². The van der Waals surface area contributed by atoms with Crippen LogP contribution in [0.15, 0.2) is 30.5 Å². The number of carboxylic acids is 1. The molecule has 0 spiro atoms. The van der Waals surface area contributed by atoms with Crippen LogP contribution in [0.2, 0.25) is 0 Å². The Morgan fingerprint density at radius 2 is 1.78 bits per heavy atom. The van der Waals surface area contributed by atoms with Crippen LogP contribution in [0.25, 0.3) is 10.9 Å². The van der Waals surface area contributed by atoms with Crippen LogP contribution in [0.1, 0.15) is 58.8 Å². The minimum atomic E-state index is -4.70. The van der Waals surface area contributed by atoms with Gasteiger partial charge in [0.25, 0.3) is 0 Å². The smallest absolute Gasteiger partial charge is 0.417 e. The molecule has 3 aromatic rings. The highest BCUT2D eigenvalue weighted by molar-refractivity contribution is 6.02. The molecule has 1 aromatic heterocycles. The van der Waals surface area contributed by atoms with Gasteiger partial charge in [0.1, 0.15) is 29.2 Å². The molecular formula is C26H29F3N2O6. The minimum absolute atomic E-state index is 0.110. The molecule has 0 bridgehead atoms. The summed E-state index contributed by atoms with van der Waals surface area (Å²) < 4.78 is 59.2. The van der Waals surface area contributed by atoms with E-state index in [0.29, 0.717) is 17.1 Å². The van der Waals surface area contributed by atoms with Crippen molar-refractivity contribution in [1.29, 1.82) is 0 Å². The third-order valence-electron chi connectivity index (χ3n) is 6.76. The summed E-state index contributed by atoms with van der Waals surface area (Å²) in [6, 6.07) is 4.97. The SMILES string of the molecule is COc1cc(C(O)C(Cn2cc3c(C(F)(F)F)ccc(C(=O)O)c3n2)OC2CCCC2)cc(OC)c1C. The largest absolute Gasteiger partial charge is 0.496 e. The van der Waals surface area contributed by atoms with Crippen molar-refractivity contribution in [3.63, 3.8) is 0 Å². The molecule has 8 nitrogen and oxygen atoms in total. The Balaban J connectivity index is 1.75. The van der Waals surface area contributed by atoms with Crippen molar-refractivity contribution in [2.24, 2.45) is 0 Å². The molecule has 11 heteroatoms. The lowest BCUT2D eigenvalue weighted by Crippen LogP contribution is -2.31. The summed E-state index contributed by atoms with van der Waals surface area (Å²) in [5.74, 6) is -0.390. The molecule has 0 radical (unpaired) electrons. The van der Waals surface area contributed by atoms with Gasteiger partial charge in [0.05, 0.1) is 38.0 Å². The topological polar surface area (TPSA) is 103 Å². The van der Waals surface area contributed by atoms with Crippen LogP contribution in [-0.4, -0.2) is 52.4 Å². The van der Waals surface area contributed by atoms with Crippen LogP contribution in [0.4, 0.5) is 13.2 Å². The number of aliphatic hydroxyl groups is 1. The van der Waals surface area contributed by atoms with Gasteiger partial charge in [-0.3, -0.25) is 4.68 Å². The first kappa shape index (κ1) is 26.7. The minimum Gasteiger partial charge on any atom is -0.496 e. The quantitative estimate of drug-likeness (QED) is 0.401. The maximum Gasteiger partial charge on any atom is 0.417 e. The molecule has 1 aliphatic rings. The molecule has 1 aliphatic carbocycles. The lowest BCUT2D eigenvalue weighted by Gasteiger charge is -2.27. The Hall–Kier alpha value is -3.31. The number of fused-ring (bicyclic) bond motifs is 1. The number of benzene rings is 2. The molecular weight excluding hydrogens is 493 g/mol. The highest BCUT2D eigenvalue weighted by Gasteiger charge is 2.35. The number of ether oxygens (including phenoxy) is 3. The van der Waals surface area contributed by atoms with E-state index in [1.165, 1.54) is 18.9 Å². The van der Waals surface area contributed by atoms with Gasteiger partial charge in [-0.1, -0.05) is 12.8 Å². The normalized spacial score (nSPS) is 16.2. The first-order valence-corrected chi connectivity index (χ1v) is 11.9. The number of carbonyl (C=O) groups is 1. The first-order valence-electron chi connectivity index (χ1n) is 11.9. The Kier molecular flexibility index (Phi) is 7.65. The molecule has 1 heterocycles. The second kappa shape index (κ2) is 10.6. The molecule has 0 saturated heterocycles. The van der Waals surface area contributed by atoms with Gasteiger partial charge in [-0.15, -0.1) is 0 Å². The van der Waals surface area contributed by atoms with E-state index in [1.54, 1.807) is 12.1 Å². The number of aromatic carboxylic acids is 1. The van der Waals surface area contributed by atoms with Crippen LogP contribution in [-0.2, 0) is 17.5 Å². The van der Waals surface area contributed by atoms with Gasteiger partial charge in [-0.25, -0.2) is 4.79 Å². The highest BCUT2D eigenvalue weighted by Crippen LogP contribution is 2.37. The van der Waals surface area contributed by atoms with Crippen molar-refractivity contribution in [1.82, 2.24) is 9.78 Å². The molecule has 4 rings (SSSR count). The predicted molar refractivity (Wildman–Crippen MR) is 128 cm³/mol. The number of alkyl halides is 3. The number of nitrogens with zero attached hydrogens (tertiary/aromatic N) is 2. The number of aliphatic hydroxyl groups excluding tert-OH is 1. The number of methoxy groups -OCH3 is 2. The van der Waals surface area contributed by atoms with Crippen LogP contribution in [0, 0.1) is 6.92 Å². The molecule has 2 unspecified atom stereocenters. The lowest BCUT2D eigenvalue weighted by atomic mass is 10.0. The number of rotatable bonds is 9. The van der Waals surface area contributed by atoms with E-state index in [-0.39, 0.29) is 29.1 Å². The standard InChI is InChI=1S/C26H29F3N2O6/c1-14-20(35-2)10-15(11-21(14)36-3)24(32)22(37-16-6-4-5-7-16)13-31-12-18-19(26(27,28)29)9-8-17(25(33)34)23(18)30-31/h8-12,16,22,24,32H,4-7,13H2,1-3H3,(H,33,34). The molecule has 2 aromatic carbocycles. The molecule has 1 fully saturated rings. The lowest BCUT2D eigenvalue weighted by molar-refractivity contribution is -0.136. The van der Waals surface area contributed by atoms with Crippen molar-refractivity contribution in [2.75, 3.05) is 14.2 Å². The average molecular weight is 523 g/mol. The predicted octanol–water partition coefficient (Wildman–Crippen LogP) is 5.14. The second-order valence-corrected chi connectivity index (χ2v) is 9.15. The summed E-state index contributed by atoms with van der Waals surface area (Å²) in [5, 5.41) is 24.7. The van der Waals surface area contributed by atoms with Gasteiger partial charge in [-0.05, 0) is 49.6 Å². The zero-order chi connectivity index (χ0) is 26.9. The maximum absolute atomic E-state index is 13.6. The highest BCUT2D eigenvalue weighted by atomic mass is 19.4. The number of carboxylic acid groups (broad SMARTS) is 1. The first-order chi connectivity index (χ1) is 17.5. The third-order valence-corrected chi connectivity index (χ3v) is 6.76. The Morgan fingerprint density at radius 1 is 1.16 bits per heavy atom. The van der Waals surface area contributed by atoms with Gasteiger partial charge < -0.3 is 24.4 Å². The monoisotopic (exact) mass is 522 g/mol. The van der Waals surface area contributed by atoms with E-state index < -0.39 is 29.9 Å². The number of aromatic nitrogens is 2. The van der Waals surface area contributed by atoms with Crippen molar-refractivity contribution >= 4 is 16.9 Å². The number of halogens is 3. The fourth-order valence-electron chi connectivity index (χ4n) is 4.83. The Morgan fingerprint density at radius 3 is 2.32 bits per heavy atom. The summed E-state index contributed by atoms with van der Waals surface area (Å²) in [6.07, 6.45) is -2.22. The number of hydrogen-bond donors (Lipinski definition) is 2. The molecule has 0 amide bonds. The Bertz CT molecular complexity index is 1260. The second-order valence-electron chi connectivity index (χ2n) is 9.15. The van der Waals surface area contributed by atoms with Crippen LogP contribution < -0.4 is 9.47 Å². The van der Waals surface area contributed by atoms with Crippen LogP contribution in [0.5, 0.6) is 11.5 Å². The van der Waals surface area contributed by atoms with Crippen molar-refractivity contribution in [3.8, 4) is 11.5 Å². The molecule has 37 heavy (non-hydrogen) atoms. The summed E-state index contributed by atoms with van der Waals surface area (Å²) in [4.78, 5) is 11.7. The molecule has 2 atom stereocenters. The van der Waals surface area contributed by atoms with E-state index in [1.807, 2.05) is 6.92 Å². The van der Waals surface area contributed by atoms with Gasteiger partial charge in [0.15, 0.2) is 0 Å². The van der Waals surface area contributed by atoms with Gasteiger partial charge in [0, 0.05) is 17.1 Å². The van der Waals surface area contributed by atoms with Crippen molar-refractivity contribution in [3.05, 3.63) is 52.7 Å². The zero-order valence-corrected chi connectivity index (χ0v) is 20.7. The van der Waals surface area contributed by atoms with E-state index >= 15 is 0 Å². The third kappa shape index (κ3) is 5.52. The Labute approximate surface area is 211 Å². The molecule has 200 valence electrons. The summed E-state index contributed by atoms with van der Waals surface area (Å²) >= 11 is 0. The molecule has 0 aliphatic heterocycles. The van der Waals surface area contributed by atoms with E-state index in [9.17, 15) is 28.2 Å². The molecule has 1 saturated carbocycles. The fraction of sp³-hybridized carbons (Fsp3) is 0.462. The van der Waals surface area contributed by atoms with E-state index in [2.05, 4.69) is 5.10 Å². The fourth-order valence-corrected chi connectivity index (χ4v) is 4.83. The average Bonchev–Trinajstić information content (AvgIpc) is 3.51. The summed E-state index contributed by atoms with van der Waals surface area (Å²) in [5.41, 5.74) is -0.422. The van der Waals surface area contributed by atoms with Crippen LogP contribution in [0.3, 0.4) is 0 Å². The van der Waals surface area contributed by atoms with Gasteiger partial charge in [0.2, 0.25) is 0 Å². The zero-order valence-electron chi connectivity index (χ0n) is 20.7. The van der Waals surface area contributed by atoms with E-state index in [4.69, 9.17) is 14.2 Å². The van der Waals surface area contributed by atoms with Gasteiger partial charge >= 0.3 is 12.1 Å². The maximum atomic E-state index is 13.6. The van der Waals surface area contributed by atoms with E-state index in [0.717, 1.165) is 49.6 Å².